The fourth-order valence-electron chi connectivity index (χ4n) is 3.37. The third-order valence-corrected chi connectivity index (χ3v) is 6.58. The lowest BCUT2D eigenvalue weighted by Gasteiger charge is -2.26. The van der Waals surface area contributed by atoms with Gasteiger partial charge in [-0.2, -0.15) is 4.31 Å². The fraction of sp³-hybridized carbons (Fsp3) is 0.647. The lowest BCUT2D eigenvalue weighted by Crippen LogP contribution is -2.41. The van der Waals surface area contributed by atoms with Crippen LogP contribution < -0.4 is 5.32 Å². The maximum atomic E-state index is 12.6. The van der Waals surface area contributed by atoms with Crippen molar-refractivity contribution in [3.05, 3.63) is 35.4 Å². The highest BCUT2D eigenvalue weighted by Crippen LogP contribution is 2.20. The summed E-state index contributed by atoms with van der Waals surface area (Å²) in [6.45, 7) is 2.66. The van der Waals surface area contributed by atoms with E-state index < -0.39 is 10.0 Å². The molecule has 1 saturated carbocycles. The molecule has 0 bridgehead atoms. The first kappa shape index (κ1) is 19.7. The van der Waals surface area contributed by atoms with E-state index in [1.165, 1.54) is 25.7 Å². The number of nitrogens with zero attached hydrogens (tertiary/aromatic N) is 1. The van der Waals surface area contributed by atoms with E-state index in [9.17, 15) is 8.42 Å². The summed E-state index contributed by atoms with van der Waals surface area (Å²) in [5.41, 5.74) is 2.00. The van der Waals surface area contributed by atoms with Crippen LogP contribution in [0, 0.1) is 0 Å². The molecule has 0 radical (unpaired) electrons. The van der Waals surface area contributed by atoms with E-state index in [0.717, 1.165) is 17.7 Å². The molecule has 5 nitrogen and oxygen atoms in total. The van der Waals surface area contributed by atoms with Crippen molar-refractivity contribution in [3.63, 3.8) is 0 Å². The molecule has 1 heterocycles. The predicted octanol–water partition coefficient (Wildman–Crippen LogP) is 2.30. The van der Waals surface area contributed by atoms with Crippen molar-refractivity contribution in [1.29, 1.82) is 0 Å². The van der Waals surface area contributed by atoms with E-state index in [4.69, 9.17) is 4.74 Å². The average molecular weight is 375 g/mol. The quantitative estimate of drug-likeness (QED) is 0.830. The van der Waals surface area contributed by atoms with Crippen LogP contribution in [0.25, 0.3) is 0 Å². The molecular formula is C17H27ClN2O3S. The van der Waals surface area contributed by atoms with E-state index in [-0.39, 0.29) is 18.2 Å². The summed E-state index contributed by atoms with van der Waals surface area (Å²) in [5, 5.41) is 3.58. The number of nitrogens with one attached hydrogen (secondary N) is 1. The molecule has 136 valence electrons. The van der Waals surface area contributed by atoms with Gasteiger partial charge in [0.2, 0.25) is 10.0 Å². The highest BCUT2D eigenvalue weighted by molar-refractivity contribution is 7.88. The summed E-state index contributed by atoms with van der Waals surface area (Å²) >= 11 is 0. The maximum absolute atomic E-state index is 12.6. The second-order valence-corrected chi connectivity index (χ2v) is 8.37. The number of morpholine rings is 1. The molecule has 7 heteroatoms. The molecule has 1 N–H and O–H groups in total. The van der Waals surface area contributed by atoms with Crippen molar-refractivity contribution in [3.8, 4) is 0 Å². The highest BCUT2D eigenvalue weighted by atomic mass is 35.5. The number of hydrogen-bond acceptors (Lipinski definition) is 4. The molecular weight excluding hydrogens is 348 g/mol. The van der Waals surface area contributed by atoms with Gasteiger partial charge in [0.15, 0.2) is 0 Å². The van der Waals surface area contributed by atoms with E-state index in [2.05, 4.69) is 5.32 Å². The van der Waals surface area contributed by atoms with Gasteiger partial charge < -0.3 is 10.1 Å². The molecule has 1 aromatic rings. The summed E-state index contributed by atoms with van der Waals surface area (Å²) in [5.74, 6) is 0.0789. The van der Waals surface area contributed by atoms with Crippen LogP contribution in [0.1, 0.15) is 36.8 Å². The lowest BCUT2D eigenvalue weighted by atomic mass is 10.1. The number of ether oxygens (including phenoxy) is 1. The zero-order chi connectivity index (χ0) is 16.1. The Labute approximate surface area is 151 Å². The van der Waals surface area contributed by atoms with Gasteiger partial charge in [-0.25, -0.2) is 8.42 Å². The van der Waals surface area contributed by atoms with Crippen molar-refractivity contribution in [2.75, 3.05) is 26.3 Å². The Hall–Kier alpha value is -0.660. The first-order chi connectivity index (χ1) is 11.1. The van der Waals surface area contributed by atoms with Gasteiger partial charge in [-0.3, -0.25) is 0 Å². The third kappa shape index (κ3) is 5.17. The molecule has 0 unspecified atom stereocenters. The minimum Gasteiger partial charge on any atom is -0.379 e. The van der Waals surface area contributed by atoms with Crippen LogP contribution >= 0.6 is 12.4 Å². The Morgan fingerprint density at radius 2 is 1.71 bits per heavy atom. The van der Waals surface area contributed by atoms with Gasteiger partial charge in [-0.1, -0.05) is 37.1 Å². The molecule has 0 spiro atoms. The standard InChI is InChI=1S/C17H26N2O3S.ClH/c20-23(21,19-9-11-22-12-10-19)14-16-6-2-1-5-15(16)13-18-17-7-3-4-8-17;/h1-2,5-6,17-18H,3-4,7-14H2;1H. The summed E-state index contributed by atoms with van der Waals surface area (Å²) in [6.07, 6.45) is 5.05. The zero-order valence-electron chi connectivity index (χ0n) is 13.9. The summed E-state index contributed by atoms with van der Waals surface area (Å²) in [4.78, 5) is 0. The number of halogens is 1. The van der Waals surface area contributed by atoms with Crippen LogP contribution in [0.2, 0.25) is 0 Å². The molecule has 1 aliphatic heterocycles. The Bertz CT molecular complexity index is 612. The lowest BCUT2D eigenvalue weighted by molar-refractivity contribution is 0.0729. The second kappa shape index (κ2) is 9.15. The van der Waals surface area contributed by atoms with Gasteiger partial charge in [0.05, 0.1) is 19.0 Å². The van der Waals surface area contributed by atoms with Crippen LogP contribution in [0.15, 0.2) is 24.3 Å². The molecule has 24 heavy (non-hydrogen) atoms. The summed E-state index contributed by atoms with van der Waals surface area (Å²) in [7, 11) is -3.27. The Morgan fingerprint density at radius 1 is 1.08 bits per heavy atom. The maximum Gasteiger partial charge on any atom is 0.218 e. The van der Waals surface area contributed by atoms with Gasteiger partial charge in [0, 0.05) is 25.7 Å². The van der Waals surface area contributed by atoms with Gasteiger partial charge in [0.1, 0.15) is 0 Å². The molecule has 1 aromatic carbocycles. The third-order valence-electron chi connectivity index (χ3n) is 4.76. The van der Waals surface area contributed by atoms with Crippen LogP contribution in [-0.2, 0) is 27.1 Å². The Kier molecular flexibility index (Phi) is 7.50. The molecule has 1 saturated heterocycles. The normalized spacial score (nSPS) is 20.0. The van der Waals surface area contributed by atoms with Gasteiger partial charge >= 0.3 is 0 Å². The minimum atomic E-state index is -3.27. The SMILES string of the molecule is Cl.O=S(=O)(Cc1ccccc1CNC1CCCC1)N1CCOCC1. The molecule has 2 fully saturated rings. The van der Waals surface area contributed by atoms with Gasteiger partial charge in [-0.15, -0.1) is 12.4 Å². The Morgan fingerprint density at radius 3 is 2.38 bits per heavy atom. The van der Waals surface area contributed by atoms with Gasteiger partial charge in [-0.05, 0) is 24.0 Å². The van der Waals surface area contributed by atoms with Crippen LogP contribution in [0.3, 0.4) is 0 Å². The molecule has 2 aliphatic rings. The summed E-state index contributed by atoms with van der Waals surface area (Å²) < 4.78 is 32.0. The first-order valence-corrected chi connectivity index (χ1v) is 10.1. The van der Waals surface area contributed by atoms with Crippen molar-refractivity contribution in [2.24, 2.45) is 0 Å². The van der Waals surface area contributed by atoms with E-state index in [0.29, 0.717) is 32.3 Å². The summed E-state index contributed by atoms with van der Waals surface area (Å²) in [6, 6.07) is 8.45. The van der Waals surface area contributed by atoms with Crippen molar-refractivity contribution < 1.29 is 13.2 Å². The van der Waals surface area contributed by atoms with Crippen LogP contribution in [-0.4, -0.2) is 45.1 Å². The number of rotatable bonds is 6. The van der Waals surface area contributed by atoms with Crippen molar-refractivity contribution in [2.45, 2.75) is 44.0 Å². The average Bonchev–Trinajstić information content (AvgIpc) is 3.08. The van der Waals surface area contributed by atoms with Crippen LogP contribution in [0.5, 0.6) is 0 Å². The number of benzene rings is 1. The molecule has 0 amide bonds. The van der Waals surface area contributed by atoms with Crippen molar-refractivity contribution >= 4 is 22.4 Å². The predicted molar refractivity (Wildman–Crippen MR) is 97.8 cm³/mol. The minimum absolute atomic E-state index is 0. The highest BCUT2D eigenvalue weighted by Gasteiger charge is 2.25. The van der Waals surface area contributed by atoms with E-state index in [1.807, 2.05) is 24.3 Å². The molecule has 1 aliphatic carbocycles. The number of hydrogen-bond donors (Lipinski definition) is 1. The zero-order valence-corrected chi connectivity index (χ0v) is 15.6. The van der Waals surface area contributed by atoms with Crippen molar-refractivity contribution in [1.82, 2.24) is 9.62 Å². The topological polar surface area (TPSA) is 58.6 Å². The Balaban J connectivity index is 0.00000208. The smallest absolute Gasteiger partial charge is 0.218 e. The monoisotopic (exact) mass is 374 g/mol. The van der Waals surface area contributed by atoms with Crippen LogP contribution in [0.4, 0.5) is 0 Å². The second-order valence-electron chi connectivity index (χ2n) is 6.40. The van der Waals surface area contributed by atoms with Gasteiger partial charge in [0.25, 0.3) is 0 Å². The largest absolute Gasteiger partial charge is 0.379 e. The number of sulfonamides is 1. The molecule has 3 rings (SSSR count). The fourth-order valence-corrected chi connectivity index (χ4v) is 4.93. The molecule has 0 atom stereocenters. The van der Waals surface area contributed by atoms with E-state index in [1.54, 1.807) is 4.31 Å². The molecule has 0 aromatic heterocycles. The first-order valence-electron chi connectivity index (χ1n) is 8.51. The van der Waals surface area contributed by atoms with E-state index >= 15 is 0 Å².